The minimum absolute atomic E-state index is 0.210. The molecule has 0 aliphatic carbocycles. The van der Waals surface area contributed by atoms with Crippen LogP contribution in [0.25, 0.3) is 11.0 Å². The highest BCUT2D eigenvalue weighted by Crippen LogP contribution is 2.34. The first-order chi connectivity index (χ1) is 17.4. The summed E-state index contributed by atoms with van der Waals surface area (Å²) in [6.07, 6.45) is 2.82. The zero-order chi connectivity index (χ0) is 25.7. The van der Waals surface area contributed by atoms with Gasteiger partial charge in [0.1, 0.15) is 11.7 Å². The fourth-order valence-corrected chi connectivity index (χ4v) is 4.29. The smallest absolute Gasteiger partial charge is 0.356 e. The van der Waals surface area contributed by atoms with E-state index in [0.717, 1.165) is 5.56 Å². The molecule has 1 amide bonds. The van der Waals surface area contributed by atoms with Crippen LogP contribution in [0.2, 0.25) is 0 Å². The largest absolute Gasteiger partial charge is 0.467 e. The third-order valence-electron chi connectivity index (χ3n) is 6.23. The van der Waals surface area contributed by atoms with E-state index in [4.69, 9.17) is 14.2 Å². The topological polar surface area (TPSA) is 121 Å². The van der Waals surface area contributed by atoms with Crippen molar-refractivity contribution in [3.05, 3.63) is 53.9 Å². The Morgan fingerprint density at radius 3 is 2.64 bits per heavy atom. The van der Waals surface area contributed by atoms with Crippen LogP contribution in [0.1, 0.15) is 29.4 Å². The molecule has 0 unspecified atom stereocenters. The molecule has 1 aliphatic heterocycles. The summed E-state index contributed by atoms with van der Waals surface area (Å²) in [5.74, 6) is -1.56. The number of nitrogens with zero attached hydrogens (tertiary/aromatic N) is 2. The summed E-state index contributed by atoms with van der Waals surface area (Å²) in [5, 5.41) is 6.55. The van der Waals surface area contributed by atoms with Gasteiger partial charge in [-0.25, -0.2) is 14.6 Å². The first-order valence-corrected chi connectivity index (χ1v) is 11.8. The summed E-state index contributed by atoms with van der Waals surface area (Å²) in [7, 11) is 2.62. The number of aromatic nitrogens is 2. The summed E-state index contributed by atoms with van der Waals surface area (Å²) in [4.78, 5) is 42.6. The molecule has 10 nitrogen and oxygen atoms in total. The lowest BCUT2D eigenvalue weighted by Crippen LogP contribution is -2.27. The van der Waals surface area contributed by atoms with Crippen LogP contribution in [0, 0.1) is 5.92 Å². The van der Waals surface area contributed by atoms with Crippen molar-refractivity contribution in [1.82, 2.24) is 9.55 Å². The highest BCUT2D eigenvalue weighted by Gasteiger charge is 2.30. The molecule has 3 aromatic rings. The number of carbonyl (C=O) groups excluding carboxylic acids is 3. The maximum absolute atomic E-state index is 13.1. The Bertz CT molecular complexity index is 1250. The number of methoxy groups -OCH3 is 2. The second-order valence-corrected chi connectivity index (χ2v) is 8.64. The number of fused-ring (bicyclic) bond motifs is 1. The molecule has 0 spiro atoms. The van der Waals surface area contributed by atoms with Gasteiger partial charge in [-0.1, -0.05) is 30.3 Å². The number of aryl methyl sites for hydroxylation is 2. The molecule has 2 aromatic heterocycles. The van der Waals surface area contributed by atoms with Crippen LogP contribution in [0.5, 0.6) is 0 Å². The van der Waals surface area contributed by atoms with Crippen LogP contribution < -0.4 is 10.6 Å². The molecule has 190 valence electrons. The maximum Gasteiger partial charge on any atom is 0.356 e. The molecule has 1 aliphatic rings. The van der Waals surface area contributed by atoms with Gasteiger partial charge in [0.2, 0.25) is 5.91 Å². The van der Waals surface area contributed by atoms with Gasteiger partial charge in [0.15, 0.2) is 5.69 Å². The standard InChI is InChI=1S/C26H30N4O6/c1-16(25(32)34-2)28-19-13-20-21(29-24(31)18-10-12-36-15-18)22(26(33)35-3)30(23(20)27-14-19)11-9-17-7-5-4-6-8-17/h4-8,13-14,16,18,28H,9-12,15H2,1-3H3,(H,29,31)/t16-,18-/m1/s1. The molecule has 0 radical (unpaired) electrons. The third kappa shape index (κ3) is 5.33. The molecule has 36 heavy (non-hydrogen) atoms. The highest BCUT2D eigenvalue weighted by molar-refractivity contribution is 6.11. The van der Waals surface area contributed by atoms with Gasteiger partial charge in [-0.2, -0.15) is 0 Å². The molecule has 2 N–H and O–H groups in total. The van der Waals surface area contributed by atoms with E-state index < -0.39 is 18.0 Å². The van der Waals surface area contributed by atoms with E-state index in [1.807, 2.05) is 30.3 Å². The Labute approximate surface area is 208 Å². The quantitative estimate of drug-likeness (QED) is 0.436. The third-order valence-corrected chi connectivity index (χ3v) is 6.23. The molecule has 0 bridgehead atoms. The summed E-state index contributed by atoms with van der Waals surface area (Å²) in [6.45, 7) is 2.95. The van der Waals surface area contributed by atoms with Crippen molar-refractivity contribution in [3.8, 4) is 0 Å². The van der Waals surface area contributed by atoms with E-state index in [0.29, 0.717) is 55.0 Å². The number of hydrogen-bond donors (Lipinski definition) is 2. The summed E-state index contributed by atoms with van der Waals surface area (Å²) in [5.41, 5.74) is 2.68. The van der Waals surface area contributed by atoms with Gasteiger partial charge in [0.05, 0.1) is 44.3 Å². The Hall–Kier alpha value is -3.92. The Morgan fingerprint density at radius 2 is 1.97 bits per heavy atom. The molecule has 4 rings (SSSR count). The summed E-state index contributed by atoms with van der Waals surface area (Å²) in [6, 6.07) is 11.0. The number of benzene rings is 1. The van der Waals surface area contributed by atoms with Crippen LogP contribution >= 0.6 is 0 Å². The molecule has 3 heterocycles. The van der Waals surface area contributed by atoms with E-state index in [9.17, 15) is 14.4 Å². The van der Waals surface area contributed by atoms with Crippen molar-refractivity contribution in [2.24, 2.45) is 5.92 Å². The number of esters is 2. The minimum atomic E-state index is -0.622. The Morgan fingerprint density at radius 1 is 1.19 bits per heavy atom. The van der Waals surface area contributed by atoms with Crippen molar-refractivity contribution in [2.75, 3.05) is 38.1 Å². The van der Waals surface area contributed by atoms with E-state index in [1.54, 1.807) is 23.8 Å². The van der Waals surface area contributed by atoms with E-state index in [1.165, 1.54) is 14.2 Å². The molecule has 2 atom stereocenters. The maximum atomic E-state index is 13.1. The van der Waals surface area contributed by atoms with E-state index in [2.05, 4.69) is 15.6 Å². The number of hydrogen-bond acceptors (Lipinski definition) is 8. The summed E-state index contributed by atoms with van der Waals surface area (Å²) >= 11 is 0. The number of amides is 1. The minimum Gasteiger partial charge on any atom is -0.467 e. The van der Waals surface area contributed by atoms with Gasteiger partial charge in [0, 0.05) is 18.5 Å². The number of nitrogens with one attached hydrogen (secondary N) is 2. The lowest BCUT2D eigenvalue weighted by molar-refractivity contribution is -0.141. The average molecular weight is 495 g/mol. The highest BCUT2D eigenvalue weighted by atomic mass is 16.5. The number of pyridine rings is 1. The van der Waals surface area contributed by atoms with Gasteiger partial charge in [-0.05, 0) is 31.4 Å². The Kier molecular flexibility index (Phi) is 7.84. The van der Waals surface area contributed by atoms with Gasteiger partial charge in [0.25, 0.3) is 0 Å². The fraction of sp³-hybridized carbons (Fsp3) is 0.385. The van der Waals surface area contributed by atoms with E-state index in [-0.39, 0.29) is 17.5 Å². The molecular formula is C26H30N4O6. The van der Waals surface area contributed by atoms with Crippen LogP contribution in [-0.4, -0.2) is 60.9 Å². The van der Waals surface area contributed by atoms with Crippen LogP contribution in [0.3, 0.4) is 0 Å². The van der Waals surface area contributed by atoms with Gasteiger partial charge >= 0.3 is 11.9 Å². The lowest BCUT2D eigenvalue weighted by Gasteiger charge is -2.13. The van der Waals surface area contributed by atoms with Crippen molar-refractivity contribution >= 4 is 40.3 Å². The van der Waals surface area contributed by atoms with Crippen LogP contribution in [-0.2, 0) is 36.8 Å². The normalized spacial score (nSPS) is 15.9. The van der Waals surface area contributed by atoms with Gasteiger partial charge < -0.3 is 29.4 Å². The first kappa shape index (κ1) is 25.2. The number of ether oxygens (including phenoxy) is 3. The van der Waals surface area contributed by atoms with Crippen molar-refractivity contribution in [2.45, 2.75) is 32.4 Å². The van der Waals surface area contributed by atoms with Gasteiger partial charge in [-0.3, -0.25) is 4.79 Å². The molecule has 0 saturated carbocycles. The predicted octanol–water partition coefficient (Wildman–Crippen LogP) is 3.01. The SMILES string of the molecule is COC(=O)c1c(NC(=O)[C@@H]2CCOC2)c2cc(N[C@H](C)C(=O)OC)cnc2n1CCc1ccccc1. The van der Waals surface area contributed by atoms with Crippen LogP contribution in [0.15, 0.2) is 42.6 Å². The number of rotatable bonds is 9. The van der Waals surface area contributed by atoms with Crippen molar-refractivity contribution in [1.29, 1.82) is 0 Å². The van der Waals surface area contributed by atoms with Gasteiger partial charge in [-0.15, -0.1) is 0 Å². The molecule has 1 saturated heterocycles. The lowest BCUT2D eigenvalue weighted by atomic mass is 10.1. The van der Waals surface area contributed by atoms with E-state index >= 15 is 0 Å². The second kappa shape index (κ2) is 11.2. The van der Waals surface area contributed by atoms with Crippen molar-refractivity contribution in [3.63, 3.8) is 0 Å². The average Bonchev–Trinajstić information content (AvgIpc) is 3.54. The summed E-state index contributed by atoms with van der Waals surface area (Å²) < 4.78 is 17.0. The zero-order valence-electron chi connectivity index (χ0n) is 20.6. The second-order valence-electron chi connectivity index (χ2n) is 8.64. The monoisotopic (exact) mass is 494 g/mol. The molecular weight excluding hydrogens is 464 g/mol. The molecule has 1 aromatic carbocycles. The van der Waals surface area contributed by atoms with Crippen LogP contribution in [0.4, 0.5) is 11.4 Å². The van der Waals surface area contributed by atoms with Crippen molar-refractivity contribution < 1.29 is 28.6 Å². The zero-order valence-corrected chi connectivity index (χ0v) is 20.6. The molecule has 10 heteroatoms. The predicted molar refractivity (Wildman–Crippen MR) is 134 cm³/mol. The molecule has 1 fully saturated rings. The fourth-order valence-electron chi connectivity index (χ4n) is 4.29. The number of anilines is 2. The number of carbonyl (C=O) groups is 3. The Balaban J connectivity index is 1.79. The first-order valence-electron chi connectivity index (χ1n) is 11.8.